The number of para-hydroxylation sites is 2. The van der Waals surface area contributed by atoms with Gasteiger partial charge in [0.15, 0.2) is 10.9 Å². The first-order chi connectivity index (χ1) is 10.8. The molecule has 2 rings (SSSR count). The fraction of sp³-hybridized carbons (Fsp3) is 0.154. The summed E-state index contributed by atoms with van der Waals surface area (Å²) in [7, 11) is 0. The lowest BCUT2D eigenvalue weighted by atomic mass is 10.3. The van der Waals surface area contributed by atoms with E-state index in [2.05, 4.69) is 15.3 Å². The molecule has 0 unspecified atom stereocenters. The van der Waals surface area contributed by atoms with Crippen molar-refractivity contribution >= 4 is 23.4 Å². The van der Waals surface area contributed by atoms with Crippen molar-refractivity contribution in [3.8, 4) is 5.75 Å². The fourth-order valence-electron chi connectivity index (χ4n) is 1.55. The second-order valence-corrected chi connectivity index (χ2v) is 5.25. The number of carbonyl (C=O) groups excluding carboxylic acids is 1. The normalized spacial score (nSPS) is 11.3. The predicted octanol–water partition coefficient (Wildman–Crippen LogP) is 2.23. The maximum atomic E-state index is 12.5. The van der Waals surface area contributed by atoms with E-state index in [0.717, 1.165) is 0 Å². The maximum absolute atomic E-state index is 12.5. The molecule has 0 spiro atoms. The van der Waals surface area contributed by atoms with Crippen LogP contribution in [-0.4, -0.2) is 26.7 Å². The van der Waals surface area contributed by atoms with Gasteiger partial charge in [0.2, 0.25) is 5.91 Å². The molecule has 1 amide bonds. The van der Waals surface area contributed by atoms with Crippen LogP contribution in [0.1, 0.15) is 5.69 Å². The van der Waals surface area contributed by atoms with E-state index in [1.54, 1.807) is 12.1 Å². The van der Waals surface area contributed by atoms with Gasteiger partial charge in [-0.25, -0.2) is 4.98 Å². The minimum absolute atomic E-state index is 0.142. The third-order valence-corrected chi connectivity index (χ3v) is 3.40. The first-order valence-electron chi connectivity index (χ1n) is 6.15. The number of phenols is 1. The molecule has 23 heavy (non-hydrogen) atoms. The van der Waals surface area contributed by atoms with Crippen molar-refractivity contribution in [3.05, 3.63) is 46.4 Å². The van der Waals surface area contributed by atoms with Crippen molar-refractivity contribution in [2.24, 2.45) is 0 Å². The summed E-state index contributed by atoms with van der Waals surface area (Å²) >= 11 is 0.638. The van der Waals surface area contributed by atoms with Gasteiger partial charge in [0.1, 0.15) is 5.75 Å². The van der Waals surface area contributed by atoms with Crippen LogP contribution in [0.2, 0.25) is 0 Å². The Morgan fingerprint density at radius 3 is 2.70 bits per heavy atom. The standard InChI is InChI=1S/C13H10F3N3O3S/c14-13(15,16)9-5-10(21)19-12(18-9)23-6-11(22)17-7-3-1-2-4-8(7)20/h1-5,20H,6H2,(H,17,22)(H,18,19,21). The van der Waals surface area contributed by atoms with Crippen LogP contribution in [0.3, 0.4) is 0 Å². The number of carbonyl (C=O) groups is 1. The Kier molecular flexibility index (Phi) is 4.94. The lowest BCUT2D eigenvalue weighted by Crippen LogP contribution is -2.18. The van der Waals surface area contributed by atoms with Gasteiger partial charge in [0, 0.05) is 6.07 Å². The summed E-state index contributed by atoms with van der Waals surface area (Å²) in [5.41, 5.74) is -2.12. The van der Waals surface area contributed by atoms with Gasteiger partial charge in [-0.1, -0.05) is 23.9 Å². The van der Waals surface area contributed by atoms with Crippen LogP contribution in [0.4, 0.5) is 18.9 Å². The molecule has 1 aromatic heterocycles. The largest absolute Gasteiger partial charge is 0.506 e. The first-order valence-corrected chi connectivity index (χ1v) is 7.13. The number of nitrogens with zero attached hydrogens (tertiary/aromatic N) is 1. The average molecular weight is 345 g/mol. The molecule has 0 fully saturated rings. The Labute approximate surface area is 131 Å². The average Bonchev–Trinajstić information content (AvgIpc) is 2.46. The van der Waals surface area contributed by atoms with E-state index in [1.807, 2.05) is 0 Å². The number of amides is 1. The molecular formula is C13H10F3N3O3S. The van der Waals surface area contributed by atoms with Crippen molar-refractivity contribution < 1.29 is 23.1 Å². The van der Waals surface area contributed by atoms with E-state index in [0.29, 0.717) is 17.8 Å². The Hall–Kier alpha value is -2.49. The van der Waals surface area contributed by atoms with Crippen LogP contribution in [0.25, 0.3) is 0 Å². The zero-order valence-corrected chi connectivity index (χ0v) is 12.2. The first kappa shape index (κ1) is 16.9. The highest BCUT2D eigenvalue weighted by atomic mass is 32.2. The zero-order chi connectivity index (χ0) is 17.0. The number of aromatic nitrogens is 2. The number of hydrogen-bond donors (Lipinski definition) is 3. The van der Waals surface area contributed by atoms with Gasteiger partial charge >= 0.3 is 6.18 Å². The lowest BCUT2D eigenvalue weighted by molar-refractivity contribution is -0.141. The van der Waals surface area contributed by atoms with Crippen LogP contribution >= 0.6 is 11.8 Å². The molecule has 0 saturated carbocycles. The van der Waals surface area contributed by atoms with Crippen molar-refractivity contribution in [3.63, 3.8) is 0 Å². The second kappa shape index (κ2) is 6.73. The Morgan fingerprint density at radius 1 is 1.35 bits per heavy atom. The number of benzene rings is 1. The summed E-state index contributed by atoms with van der Waals surface area (Å²) in [5, 5.41) is 11.6. The molecular weight excluding hydrogens is 335 g/mol. The van der Waals surface area contributed by atoms with Crippen molar-refractivity contribution in [2.45, 2.75) is 11.3 Å². The Bertz CT molecular complexity index is 777. The van der Waals surface area contributed by atoms with Gasteiger partial charge in [-0.3, -0.25) is 9.59 Å². The van der Waals surface area contributed by atoms with E-state index in [4.69, 9.17) is 0 Å². The zero-order valence-electron chi connectivity index (χ0n) is 11.3. The van der Waals surface area contributed by atoms with Crippen LogP contribution < -0.4 is 10.9 Å². The highest BCUT2D eigenvalue weighted by Crippen LogP contribution is 2.27. The summed E-state index contributed by atoms with van der Waals surface area (Å²) in [6.45, 7) is 0. The van der Waals surface area contributed by atoms with Crippen molar-refractivity contribution in [1.29, 1.82) is 0 Å². The number of rotatable bonds is 4. The third kappa shape index (κ3) is 4.74. The van der Waals surface area contributed by atoms with Gasteiger partial charge in [0.05, 0.1) is 11.4 Å². The highest BCUT2D eigenvalue weighted by molar-refractivity contribution is 7.99. The molecule has 3 N–H and O–H groups in total. The molecule has 0 aliphatic heterocycles. The van der Waals surface area contributed by atoms with Crippen molar-refractivity contribution in [2.75, 3.05) is 11.1 Å². The van der Waals surface area contributed by atoms with E-state index in [9.17, 15) is 27.9 Å². The Morgan fingerprint density at radius 2 is 2.04 bits per heavy atom. The Balaban J connectivity index is 2.03. The fourth-order valence-corrected chi connectivity index (χ4v) is 2.22. The second-order valence-electron chi connectivity index (χ2n) is 4.29. The number of H-pyrrole nitrogens is 1. The van der Waals surface area contributed by atoms with E-state index in [1.165, 1.54) is 12.1 Å². The van der Waals surface area contributed by atoms with Gasteiger partial charge in [-0.15, -0.1) is 0 Å². The highest BCUT2D eigenvalue weighted by Gasteiger charge is 2.33. The van der Waals surface area contributed by atoms with Crippen LogP contribution in [-0.2, 0) is 11.0 Å². The van der Waals surface area contributed by atoms with E-state index >= 15 is 0 Å². The topological polar surface area (TPSA) is 95.1 Å². The SMILES string of the molecule is O=C(CSc1nc(C(F)(F)F)cc(=O)[nH]1)Nc1ccccc1O. The van der Waals surface area contributed by atoms with Crippen molar-refractivity contribution in [1.82, 2.24) is 9.97 Å². The number of anilines is 1. The molecule has 0 atom stereocenters. The third-order valence-electron chi connectivity index (χ3n) is 2.53. The van der Waals surface area contributed by atoms with Gasteiger partial charge in [-0.2, -0.15) is 13.2 Å². The smallest absolute Gasteiger partial charge is 0.433 e. The minimum atomic E-state index is -4.75. The molecule has 2 aromatic rings. The number of halogens is 3. The van der Waals surface area contributed by atoms with Crippen LogP contribution in [0.5, 0.6) is 5.75 Å². The molecule has 122 valence electrons. The number of nitrogens with one attached hydrogen (secondary N) is 2. The monoisotopic (exact) mass is 345 g/mol. The summed E-state index contributed by atoms with van der Waals surface area (Å²) in [4.78, 5) is 28.3. The molecule has 6 nitrogen and oxygen atoms in total. The summed E-state index contributed by atoms with van der Waals surface area (Å²) in [6.07, 6.45) is -4.75. The number of phenolic OH excluding ortho intramolecular Hbond substituents is 1. The molecule has 0 saturated heterocycles. The molecule has 0 bridgehead atoms. The van der Waals surface area contributed by atoms with Crippen LogP contribution in [0, 0.1) is 0 Å². The molecule has 1 heterocycles. The van der Waals surface area contributed by atoms with E-state index < -0.39 is 23.3 Å². The van der Waals surface area contributed by atoms with Gasteiger partial charge < -0.3 is 15.4 Å². The molecule has 0 radical (unpaired) electrons. The molecule has 1 aromatic carbocycles. The van der Waals surface area contributed by atoms with E-state index in [-0.39, 0.29) is 22.3 Å². The lowest BCUT2D eigenvalue weighted by Gasteiger charge is -2.08. The quantitative estimate of drug-likeness (QED) is 0.449. The predicted molar refractivity (Wildman–Crippen MR) is 77.3 cm³/mol. The molecule has 0 aliphatic rings. The summed E-state index contributed by atoms with van der Waals surface area (Å²) in [5.74, 6) is -1.01. The number of aromatic amines is 1. The van der Waals surface area contributed by atoms with Gasteiger partial charge in [0.25, 0.3) is 5.56 Å². The number of thioether (sulfide) groups is 1. The summed E-state index contributed by atoms with van der Waals surface area (Å²) < 4.78 is 37.6. The van der Waals surface area contributed by atoms with Gasteiger partial charge in [-0.05, 0) is 12.1 Å². The maximum Gasteiger partial charge on any atom is 0.433 e. The summed E-state index contributed by atoms with van der Waals surface area (Å²) in [6, 6.07) is 6.33. The molecule has 10 heteroatoms. The number of aromatic hydroxyl groups is 1. The minimum Gasteiger partial charge on any atom is -0.506 e. The number of alkyl halides is 3. The van der Waals surface area contributed by atoms with Crippen LogP contribution in [0.15, 0.2) is 40.3 Å². The molecule has 0 aliphatic carbocycles. The number of hydrogen-bond acceptors (Lipinski definition) is 5.